The number of fused-ring (bicyclic) bond motifs is 5. The van der Waals surface area contributed by atoms with Crippen molar-refractivity contribution in [2.75, 3.05) is 40.5 Å². The van der Waals surface area contributed by atoms with Gasteiger partial charge in [0.2, 0.25) is 11.8 Å². The summed E-state index contributed by atoms with van der Waals surface area (Å²) in [6.45, 7) is 2.14. The van der Waals surface area contributed by atoms with Gasteiger partial charge in [0, 0.05) is 38.5 Å². The molecule has 0 radical (unpaired) electrons. The molecule has 0 N–H and O–H groups in total. The second-order valence-electron chi connectivity index (χ2n) is 7.67. The summed E-state index contributed by atoms with van der Waals surface area (Å²) in [5, 5.41) is 0. The number of amides is 2. The number of pyridine rings is 1. The molecule has 146 valence electrons. The second-order valence-corrected chi connectivity index (χ2v) is 7.67. The van der Waals surface area contributed by atoms with Crippen LogP contribution in [0, 0.1) is 5.92 Å². The second kappa shape index (κ2) is 7.46. The van der Waals surface area contributed by atoms with Gasteiger partial charge in [0.1, 0.15) is 5.56 Å². The van der Waals surface area contributed by atoms with E-state index < -0.39 is 0 Å². The van der Waals surface area contributed by atoms with E-state index in [2.05, 4.69) is 4.98 Å². The van der Waals surface area contributed by atoms with Crippen molar-refractivity contribution in [1.82, 2.24) is 14.8 Å². The van der Waals surface area contributed by atoms with E-state index in [4.69, 9.17) is 9.47 Å². The molecule has 2 bridgehead atoms. The maximum absolute atomic E-state index is 13.3. The number of aromatic nitrogens is 1. The standard InChI is InChI=1S/C20H27N3O4/c1-26-9-8-23-15-7-6-14(19(23)24)11-22(12-15)20(25)16-10-13-4-3-5-17(13)21-18(16)27-2/h10,14-15H,3-9,11-12H2,1-2H3/t14-,15+/m0/s1. The average Bonchev–Trinajstić information content (AvgIpc) is 2.97. The lowest BCUT2D eigenvalue weighted by molar-refractivity contribution is -0.140. The third kappa shape index (κ3) is 3.29. The fourth-order valence-corrected chi connectivity index (χ4v) is 4.62. The van der Waals surface area contributed by atoms with Gasteiger partial charge in [-0.1, -0.05) is 0 Å². The number of ether oxygens (including phenoxy) is 2. The molecule has 0 unspecified atom stereocenters. The number of methoxy groups -OCH3 is 2. The summed E-state index contributed by atoms with van der Waals surface area (Å²) >= 11 is 0. The van der Waals surface area contributed by atoms with Gasteiger partial charge >= 0.3 is 0 Å². The van der Waals surface area contributed by atoms with Crippen molar-refractivity contribution >= 4 is 11.8 Å². The molecule has 3 aliphatic heterocycles. The minimum absolute atomic E-state index is 0.0590. The maximum Gasteiger partial charge on any atom is 0.259 e. The number of aryl methyl sites for hydroxylation is 2. The van der Waals surface area contributed by atoms with Crippen LogP contribution in [0.3, 0.4) is 0 Å². The molecule has 27 heavy (non-hydrogen) atoms. The Bertz CT molecular complexity index is 751. The Morgan fingerprint density at radius 3 is 2.89 bits per heavy atom. The van der Waals surface area contributed by atoms with Crippen LogP contribution in [-0.2, 0) is 22.4 Å². The first-order valence-electron chi connectivity index (χ1n) is 9.77. The van der Waals surface area contributed by atoms with Gasteiger partial charge in [0.15, 0.2) is 0 Å². The lowest BCUT2D eigenvalue weighted by atomic mass is 9.94. The fourth-order valence-electron chi connectivity index (χ4n) is 4.62. The monoisotopic (exact) mass is 373 g/mol. The van der Waals surface area contributed by atoms with E-state index in [1.807, 2.05) is 15.9 Å². The van der Waals surface area contributed by atoms with Crippen LogP contribution in [-0.4, -0.2) is 73.1 Å². The van der Waals surface area contributed by atoms with Gasteiger partial charge in [-0.05, 0) is 43.7 Å². The van der Waals surface area contributed by atoms with Gasteiger partial charge in [-0.2, -0.15) is 0 Å². The number of piperidine rings is 1. The average molecular weight is 373 g/mol. The van der Waals surface area contributed by atoms with E-state index in [9.17, 15) is 9.59 Å². The molecule has 1 aromatic heterocycles. The summed E-state index contributed by atoms with van der Waals surface area (Å²) in [6, 6.07) is 2.01. The van der Waals surface area contributed by atoms with Gasteiger partial charge in [-0.25, -0.2) is 4.98 Å². The molecule has 0 saturated carbocycles. The lowest BCUT2D eigenvalue weighted by Gasteiger charge is -2.35. The summed E-state index contributed by atoms with van der Waals surface area (Å²) in [7, 11) is 3.20. The van der Waals surface area contributed by atoms with Crippen LogP contribution in [0.2, 0.25) is 0 Å². The number of rotatable bonds is 5. The summed E-state index contributed by atoms with van der Waals surface area (Å²) < 4.78 is 10.6. The van der Waals surface area contributed by atoms with Crippen molar-refractivity contribution in [1.29, 1.82) is 0 Å². The fraction of sp³-hybridized carbons (Fsp3) is 0.650. The molecule has 1 aliphatic carbocycles. The van der Waals surface area contributed by atoms with Crippen LogP contribution in [0.1, 0.15) is 40.9 Å². The Morgan fingerprint density at radius 2 is 2.11 bits per heavy atom. The highest BCUT2D eigenvalue weighted by molar-refractivity contribution is 5.97. The summed E-state index contributed by atoms with van der Waals surface area (Å²) in [5.41, 5.74) is 2.71. The smallest absolute Gasteiger partial charge is 0.259 e. The minimum Gasteiger partial charge on any atom is -0.480 e. The predicted molar refractivity (Wildman–Crippen MR) is 98.8 cm³/mol. The topological polar surface area (TPSA) is 72.0 Å². The highest BCUT2D eigenvalue weighted by Crippen LogP contribution is 2.32. The van der Waals surface area contributed by atoms with E-state index in [0.29, 0.717) is 37.7 Å². The Labute approximate surface area is 159 Å². The molecule has 0 spiro atoms. The quantitative estimate of drug-likeness (QED) is 0.778. The van der Waals surface area contributed by atoms with Crippen LogP contribution in [0.25, 0.3) is 0 Å². The Balaban J connectivity index is 1.59. The van der Waals surface area contributed by atoms with Crippen LogP contribution < -0.4 is 4.74 Å². The van der Waals surface area contributed by atoms with Gasteiger partial charge in [-0.3, -0.25) is 9.59 Å². The first kappa shape index (κ1) is 18.2. The van der Waals surface area contributed by atoms with Gasteiger partial charge in [0.25, 0.3) is 5.91 Å². The van der Waals surface area contributed by atoms with Crippen LogP contribution in [0.5, 0.6) is 5.88 Å². The van der Waals surface area contributed by atoms with Gasteiger partial charge in [-0.15, -0.1) is 0 Å². The number of carbonyl (C=O) groups excluding carboxylic acids is 2. The number of hydrogen-bond donors (Lipinski definition) is 0. The molecule has 3 saturated heterocycles. The van der Waals surface area contributed by atoms with Crippen molar-refractivity contribution in [3.05, 3.63) is 22.9 Å². The van der Waals surface area contributed by atoms with Crippen molar-refractivity contribution in [2.45, 2.75) is 38.1 Å². The zero-order chi connectivity index (χ0) is 19.0. The molecule has 2 amide bonds. The third-order valence-corrected chi connectivity index (χ3v) is 6.06. The molecule has 2 atom stereocenters. The Kier molecular flexibility index (Phi) is 5.04. The molecule has 3 fully saturated rings. The molecule has 7 nitrogen and oxygen atoms in total. The SMILES string of the molecule is COCCN1C(=O)[C@H]2CC[C@@H]1CN(C(=O)c1cc3c(nc1OC)CCC3)C2. The van der Waals surface area contributed by atoms with Crippen molar-refractivity contribution < 1.29 is 19.1 Å². The molecule has 5 rings (SSSR count). The highest BCUT2D eigenvalue weighted by atomic mass is 16.5. The van der Waals surface area contributed by atoms with Crippen LogP contribution >= 0.6 is 0 Å². The van der Waals surface area contributed by atoms with E-state index in [-0.39, 0.29) is 23.8 Å². The third-order valence-electron chi connectivity index (χ3n) is 6.06. The van der Waals surface area contributed by atoms with Gasteiger partial charge < -0.3 is 19.3 Å². The van der Waals surface area contributed by atoms with Crippen molar-refractivity contribution in [3.8, 4) is 5.88 Å². The van der Waals surface area contributed by atoms with E-state index in [1.165, 1.54) is 0 Å². The lowest BCUT2D eigenvalue weighted by Crippen LogP contribution is -2.49. The largest absolute Gasteiger partial charge is 0.480 e. The normalized spacial score (nSPS) is 24.1. The summed E-state index contributed by atoms with van der Waals surface area (Å²) in [5.74, 6) is 0.350. The molecule has 4 aliphatic rings. The van der Waals surface area contributed by atoms with E-state index >= 15 is 0 Å². The number of hydrogen-bond acceptors (Lipinski definition) is 5. The van der Waals surface area contributed by atoms with E-state index in [0.717, 1.165) is 43.4 Å². The molecular weight excluding hydrogens is 346 g/mol. The molecule has 4 heterocycles. The molecule has 7 heteroatoms. The van der Waals surface area contributed by atoms with Crippen LogP contribution in [0.15, 0.2) is 6.07 Å². The molecule has 0 aromatic carbocycles. The summed E-state index contributed by atoms with van der Waals surface area (Å²) in [6.07, 6.45) is 4.75. The Hall–Kier alpha value is -2.15. The van der Waals surface area contributed by atoms with Crippen molar-refractivity contribution in [2.24, 2.45) is 5.92 Å². The summed E-state index contributed by atoms with van der Waals surface area (Å²) in [4.78, 5) is 34.4. The maximum atomic E-state index is 13.3. The number of carbonyl (C=O) groups is 2. The molecular formula is C20H27N3O4. The molecule has 1 aromatic rings. The van der Waals surface area contributed by atoms with Gasteiger partial charge in [0.05, 0.1) is 19.6 Å². The number of nitrogens with zero attached hydrogens (tertiary/aromatic N) is 3. The predicted octanol–water partition coefficient (Wildman–Crippen LogP) is 1.29. The Morgan fingerprint density at radius 1 is 1.26 bits per heavy atom. The zero-order valence-electron chi connectivity index (χ0n) is 16.1. The highest BCUT2D eigenvalue weighted by Gasteiger charge is 2.42. The first-order chi connectivity index (χ1) is 13.1. The van der Waals surface area contributed by atoms with E-state index in [1.54, 1.807) is 14.2 Å². The minimum atomic E-state index is -0.127. The van der Waals surface area contributed by atoms with Crippen molar-refractivity contribution in [3.63, 3.8) is 0 Å². The zero-order valence-corrected chi connectivity index (χ0v) is 16.1. The van der Waals surface area contributed by atoms with Crippen LogP contribution in [0.4, 0.5) is 0 Å². The first-order valence-corrected chi connectivity index (χ1v) is 9.77.